The van der Waals surface area contributed by atoms with Gasteiger partial charge >= 0.3 is 29.6 Å². The summed E-state index contributed by atoms with van der Waals surface area (Å²) < 4.78 is 0. The van der Waals surface area contributed by atoms with E-state index in [4.69, 9.17) is 0 Å². The molecule has 1 amide bonds. The van der Waals surface area contributed by atoms with Gasteiger partial charge in [-0.1, -0.05) is 20.8 Å². The van der Waals surface area contributed by atoms with Crippen LogP contribution in [0.25, 0.3) is 0 Å². The number of aromatic nitrogens is 1. The molecule has 0 radical (unpaired) electrons. The van der Waals surface area contributed by atoms with E-state index in [1.807, 2.05) is 20.8 Å². The normalized spacial score (nSPS) is 24.0. The van der Waals surface area contributed by atoms with Gasteiger partial charge in [-0.25, -0.2) is 0 Å². The Bertz CT molecular complexity index is 591. The van der Waals surface area contributed by atoms with Gasteiger partial charge in [0.2, 0.25) is 5.91 Å². The molecule has 0 spiro atoms. The molecule has 0 aromatic carbocycles. The topological polar surface area (TPSA) is 94.2 Å². The Balaban J connectivity index is 0.00000242. The number of nitrogens with zero attached hydrogens (tertiary/aromatic N) is 1. The van der Waals surface area contributed by atoms with Crippen molar-refractivity contribution in [3.05, 3.63) is 29.1 Å². The summed E-state index contributed by atoms with van der Waals surface area (Å²) in [4.78, 5) is 27.7. The number of carbonyl (C=O) groups is 2. The van der Waals surface area contributed by atoms with Gasteiger partial charge in [-0.05, 0) is 30.9 Å². The molecular weight excluding hydrogens is 293 g/mol. The summed E-state index contributed by atoms with van der Waals surface area (Å²) in [6.45, 7) is 7.58. The van der Waals surface area contributed by atoms with E-state index in [1.54, 1.807) is 19.2 Å². The summed E-state index contributed by atoms with van der Waals surface area (Å²) in [6.07, 6.45) is 1.69. The average molecular weight is 313 g/mol. The molecule has 1 fully saturated rings. The Hall–Kier alpha value is -0.950. The third kappa shape index (κ3) is 3.35. The molecule has 0 saturated carbocycles. The maximum Gasteiger partial charge on any atom is 1.00 e. The van der Waals surface area contributed by atoms with Crippen molar-refractivity contribution in [2.75, 3.05) is 0 Å². The van der Waals surface area contributed by atoms with Crippen LogP contribution in [0.1, 0.15) is 55.5 Å². The van der Waals surface area contributed by atoms with Gasteiger partial charge in [0.05, 0.1) is 17.2 Å². The van der Waals surface area contributed by atoms with Crippen LogP contribution in [0.4, 0.5) is 0 Å². The van der Waals surface area contributed by atoms with Gasteiger partial charge in [-0.2, -0.15) is 0 Å². The molecule has 2 unspecified atom stereocenters. The number of carboxylic acids is 1. The molecule has 6 nitrogen and oxygen atoms in total. The van der Waals surface area contributed by atoms with Gasteiger partial charge in [0, 0.05) is 11.8 Å². The van der Waals surface area contributed by atoms with E-state index in [-0.39, 0.29) is 52.6 Å². The van der Waals surface area contributed by atoms with Gasteiger partial charge < -0.3 is 15.2 Å². The van der Waals surface area contributed by atoms with Crippen molar-refractivity contribution >= 4 is 11.9 Å². The molecule has 1 aliphatic rings. The molecule has 1 aromatic rings. The fourth-order valence-corrected chi connectivity index (χ4v) is 2.35. The van der Waals surface area contributed by atoms with Crippen LogP contribution in [0.15, 0.2) is 12.3 Å². The third-order valence-electron chi connectivity index (χ3n) is 4.22. The van der Waals surface area contributed by atoms with Crippen LogP contribution in [-0.2, 0) is 11.2 Å². The smallest absolute Gasteiger partial charge is 0.545 e. The van der Waals surface area contributed by atoms with E-state index in [9.17, 15) is 14.7 Å². The maximum atomic E-state index is 12.2. The van der Waals surface area contributed by atoms with Gasteiger partial charge in [-0.15, -0.1) is 0 Å². The molecule has 2 rings (SSSR count). The first-order chi connectivity index (χ1) is 9.79. The second kappa shape index (κ2) is 7.08. The Morgan fingerprint density at radius 2 is 2.14 bits per heavy atom. The van der Waals surface area contributed by atoms with E-state index >= 15 is 0 Å². The molecule has 2 heterocycles. The van der Waals surface area contributed by atoms with Crippen LogP contribution in [0.2, 0.25) is 0 Å². The SMILES string of the molecule is CCc1cnc(C2NC(=O)C(C)(C(C)C)N2)c(C(=O)[O-])c1.[Na+]. The van der Waals surface area contributed by atoms with E-state index in [2.05, 4.69) is 15.6 Å². The Kier molecular flexibility index (Phi) is 6.15. The predicted octanol–water partition coefficient (Wildman–Crippen LogP) is -2.86. The average Bonchev–Trinajstić information content (AvgIpc) is 2.75. The zero-order valence-corrected chi connectivity index (χ0v) is 15.7. The number of amides is 1. The van der Waals surface area contributed by atoms with Gasteiger partial charge in [0.1, 0.15) is 6.17 Å². The van der Waals surface area contributed by atoms with E-state index < -0.39 is 17.7 Å². The summed E-state index contributed by atoms with van der Waals surface area (Å²) in [6, 6.07) is 1.55. The number of carboxylic acid groups (broad SMARTS) is 1. The molecule has 1 saturated heterocycles. The van der Waals surface area contributed by atoms with Crippen molar-refractivity contribution in [3.63, 3.8) is 0 Å². The number of pyridine rings is 1. The number of carbonyl (C=O) groups excluding carboxylic acids is 2. The first kappa shape index (κ1) is 19.1. The molecular formula is C15H20N3NaO3. The predicted molar refractivity (Wildman–Crippen MR) is 75.2 cm³/mol. The van der Waals surface area contributed by atoms with Crippen LogP contribution < -0.4 is 45.3 Å². The molecule has 0 bridgehead atoms. The second-order valence-corrected chi connectivity index (χ2v) is 5.83. The Morgan fingerprint density at radius 3 is 2.59 bits per heavy atom. The number of nitrogens with one attached hydrogen (secondary N) is 2. The van der Waals surface area contributed by atoms with Crippen LogP contribution in [-0.4, -0.2) is 22.4 Å². The standard InChI is InChI=1S/C15H21N3O3.Na/c1-5-9-6-10(13(19)20)11(16-7-9)12-17-14(21)15(4,18-12)8(2)3;/h6-8,12,18H,5H2,1-4H3,(H,17,21)(H,19,20);/q;+1/p-1. The number of aryl methyl sites for hydroxylation is 1. The monoisotopic (exact) mass is 313 g/mol. The van der Waals surface area contributed by atoms with E-state index in [1.165, 1.54) is 0 Å². The van der Waals surface area contributed by atoms with Gasteiger partial charge in [0.15, 0.2) is 0 Å². The second-order valence-electron chi connectivity index (χ2n) is 5.83. The van der Waals surface area contributed by atoms with Crippen molar-refractivity contribution in [1.82, 2.24) is 15.6 Å². The summed E-state index contributed by atoms with van der Waals surface area (Å²) in [5.74, 6) is -1.39. The molecule has 22 heavy (non-hydrogen) atoms. The van der Waals surface area contributed by atoms with Crippen LogP contribution in [0, 0.1) is 5.92 Å². The number of aromatic carboxylic acids is 1. The first-order valence-corrected chi connectivity index (χ1v) is 7.08. The van der Waals surface area contributed by atoms with E-state index in [0.29, 0.717) is 6.42 Å². The molecule has 114 valence electrons. The third-order valence-corrected chi connectivity index (χ3v) is 4.22. The van der Waals surface area contributed by atoms with Crippen LogP contribution in [0.3, 0.4) is 0 Å². The van der Waals surface area contributed by atoms with Crippen molar-refractivity contribution < 1.29 is 44.3 Å². The van der Waals surface area contributed by atoms with Crippen LogP contribution >= 0.6 is 0 Å². The Labute approximate surface area is 152 Å². The summed E-state index contributed by atoms with van der Waals surface area (Å²) in [5.41, 5.74) is 0.359. The largest absolute Gasteiger partial charge is 1.00 e. The number of hydrogen-bond acceptors (Lipinski definition) is 5. The minimum Gasteiger partial charge on any atom is -0.545 e. The molecule has 2 atom stereocenters. The summed E-state index contributed by atoms with van der Waals surface area (Å²) >= 11 is 0. The number of hydrogen-bond donors (Lipinski definition) is 2. The molecule has 7 heteroatoms. The molecule has 2 N–H and O–H groups in total. The maximum absolute atomic E-state index is 12.2. The fourth-order valence-electron chi connectivity index (χ4n) is 2.35. The van der Waals surface area contributed by atoms with E-state index in [0.717, 1.165) is 5.56 Å². The summed E-state index contributed by atoms with van der Waals surface area (Å²) in [5, 5.41) is 17.3. The minimum atomic E-state index is -1.29. The van der Waals surface area contributed by atoms with Crippen LogP contribution in [0.5, 0.6) is 0 Å². The number of rotatable bonds is 4. The van der Waals surface area contributed by atoms with Crippen molar-refractivity contribution in [1.29, 1.82) is 0 Å². The Morgan fingerprint density at radius 1 is 1.50 bits per heavy atom. The van der Waals surface area contributed by atoms with Crippen molar-refractivity contribution in [3.8, 4) is 0 Å². The van der Waals surface area contributed by atoms with Gasteiger partial charge in [0.25, 0.3) is 0 Å². The van der Waals surface area contributed by atoms with Gasteiger partial charge in [-0.3, -0.25) is 15.1 Å². The molecule has 1 aliphatic heterocycles. The first-order valence-electron chi connectivity index (χ1n) is 7.08. The van der Waals surface area contributed by atoms with Crippen molar-refractivity contribution in [2.45, 2.75) is 45.8 Å². The van der Waals surface area contributed by atoms with Crippen molar-refractivity contribution in [2.24, 2.45) is 5.92 Å². The molecule has 0 aliphatic carbocycles. The minimum absolute atomic E-state index is 0. The zero-order valence-electron chi connectivity index (χ0n) is 13.7. The molecule has 1 aromatic heterocycles. The quantitative estimate of drug-likeness (QED) is 0.583. The zero-order chi connectivity index (χ0) is 15.8. The fraction of sp³-hybridized carbons (Fsp3) is 0.533. The summed E-state index contributed by atoms with van der Waals surface area (Å²) in [7, 11) is 0.